The molecule has 0 saturated heterocycles. The molecule has 0 bridgehead atoms. The molecule has 0 aliphatic heterocycles. The molecule has 27 heavy (non-hydrogen) atoms. The fraction of sp³-hybridized carbons (Fsp3) is 0.917. The van der Waals surface area contributed by atoms with Gasteiger partial charge in [-0.15, -0.1) is 0 Å². The molecule has 0 radical (unpaired) electrons. The Morgan fingerprint density at radius 2 is 1.52 bits per heavy atom. The second-order valence-electron chi connectivity index (χ2n) is 12.0. The number of ether oxygens (including phenoxy) is 1. The molecule has 7 aliphatic rings. The van der Waals surface area contributed by atoms with Gasteiger partial charge in [0.1, 0.15) is 5.78 Å². The van der Waals surface area contributed by atoms with Gasteiger partial charge in [0.05, 0.1) is 12.5 Å². The van der Waals surface area contributed by atoms with Crippen LogP contribution in [-0.4, -0.2) is 18.9 Å². The molecule has 0 aromatic heterocycles. The average Bonchev–Trinajstić information content (AvgIpc) is 3.42. The third-order valence-electron chi connectivity index (χ3n) is 12.1. The van der Waals surface area contributed by atoms with Crippen LogP contribution in [0.2, 0.25) is 0 Å². The Morgan fingerprint density at radius 3 is 2.22 bits per heavy atom. The molecule has 0 aromatic rings. The number of rotatable bonds is 1. The number of carbonyl (C=O) groups is 2. The number of carbonyl (C=O) groups excluding carboxylic acids is 2. The largest absolute Gasteiger partial charge is 0.469 e. The second-order valence-corrected chi connectivity index (χ2v) is 12.0. The Morgan fingerprint density at radius 1 is 0.889 bits per heavy atom. The minimum absolute atomic E-state index is 0.0693. The van der Waals surface area contributed by atoms with Crippen molar-refractivity contribution in [1.29, 1.82) is 0 Å². The van der Waals surface area contributed by atoms with Crippen LogP contribution in [-0.2, 0) is 14.3 Å². The van der Waals surface area contributed by atoms with E-state index in [4.69, 9.17) is 4.74 Å². The Bertz CT molecular complexity index is 791. The van der Waals surface area contributed by atoms with Crippen LogP contribution in [0.1, 0.15) is 52.9 Å². The van der Waals surface area contributed by atoms with Crippen molar-refractivity contribution in [2.75, 3.05) is 7.11 Å². The van der Waals surface area contributed by atoms with Crippen molar-refractivity contribution < 1.29 is 14.3 Å². The first-order chi connectivity index (χ1) is 12.8. The number of hydrogen-bond donors (Lipinski definition) is 0. The molecular formula is C24H32O3. The maximum atomic E-state index is 14.0. The molecule has 7 rings (SSSR count). The summed E-state index contributed by atoms with van der Waals surface area (Å²) >= 11 is 0. The molecule has 0 heterocycles. The van der Waals surface area contributed by atoms with Gasteiger partial charge in [0.2, 0.25) is 0 Å². The third-order valence-corrected chi connectivity index (χ3v) is 12.1. The first kappa shape index (κ1) is 16.0. The number of esters is 1. The summed E-state index contributed by atoms with van der Waals surface area (Å²) < 4.78 is 5.50. The van der Waals surface area contributed by atoms with Gasteiger partial charge in [-0.05, 0) is 91.8 Å². The quantitative estimate of drug-likeness (QED) is 0.658. The van der Waals surface area contributed by atoms with Crippen LogP contribution < -0.4 is 0 Å². The molecule has 7 fully saturated rings. The summed E-state index contributed by atoms with van der Waals surface area (Å²) in [5.41, 5.74) is -0.513. The minimum Gasteiger partial charge on any atom is -0.469 e. The van der Waals surface area contributed by atoms with E-state index in [-0.39, 0.29) is 22.2 Å². The lowest BCUT2D eigenvalue weighted by Gasteiger charge is -2.39. The van der Waals surface area contributed by atoms with Crippen molar-refractivity contribution in [2.45, 2.75) is 52.9 Å². The third kappa shape index (κ3) is 1.22. The van der Waals surface area contributed by atoms with Crippen molar-refractivity contribution in [1.82, 2.24) is 0 Å². The zero-order valence-electron chi connectivity index (χ0n) is 17.0. The van der Waals surface area contributed by atoms with Gasteiger partial charge in [-0.3, -0.25) is 9.59 Å². The number of Topliss-reactive ketones (excluding diaryl/α,β-unsaturated/α-hetero) is 1. The summed E-state index contributed by atoms with van der Waals surface area (Å²) in [5.74, 6) is 6.44. The summed E-state index contributed by atoms with van der Waals surface area (Å²) in [6, 6.07) is 0. The lowest BCUT2D eigenvalue weighted by molar-refractivity contribution is -0.160. The Kier molecular flexibility index (Phi) is 2.48. The van der Waals surface area contributed by atoms with E-state index in [2.05, 4.69) is 20.8 Å². The van der Waals surface area contributed by atoms with E-state index < -0.39 is 0 Å². The van der Waals surface area contributed by atoms with Crippen molar-refractivity contribution in [3.63, 3.8) is 0 Å². The van der Waals surface area contributed by atoms with Gasteiger partial charge in [0.25, 0.3) is 0 Å². The van der Waals surface area contributed by atoms with E-state index in [1.807, 2.05) is 0 Å². The molecule has 3 heteroatoms. The highest BCUT2D eigenvalue weighted by molar-refractivity contribution is 5.95. The van der Waals surface area contributed by atoms with Gasteiger partial charge in [0, 0.05) is 10.8 Å². The first-order valence-electron chi connectivity index (χ1n) is 11.5. The molecule has 146 valence electrons. The maximum absolute atomic E-state index is 14.0. The van der Waals surface area contributed by atoms with Gasteiger partial charge >= 0.3 is 5.97 Å². The Balaban J connectivity index is 1.52. The molecule has 3 nitrogen and oxygen atoms in total. The lowest BCUT2D eigenvalue weighted by atomic mass is 9.64. The smallest absolute Gasteiger partial charge is 0.312 e. The van der Waals surface area contributed by atoms with Crippen molar-refractivity contribution in [2.24, 2.45) is 75.4 Å². The highest BCUT2D eigenvalue weighted by Crippen LogP contribution is 2.89. The molecule has 7 aliphatic carbocycles. The maximum Gasteiger partial charge on any atom is 0.312 e. The van der Waals surface area contributed by atoms with Crippen LogP contribution in [0.25, 0.3) is 0 Å². The van der Waals surface area contributed by atoms with Crippen LogP contribution in [0.15, 0.2) is 0 Å². The van der Waals surface area contributed by atoms with Crippen LogP contribution in [0, 0.1) is 75.4 Å². The summed E-state index contributed by atoms with van der Waals surface area (Å²) in [6.45, 7) is 6.98. The second kappa shape index (κ2) is 4.19. The van der Waals surface area contributed by atoms with Crippen LogP contribution in [0.4, 0.5) is 0 Å². The fourth-order valence-corrected chi connectivity index (χ4v) is 12.2. The number of ketones is 1. The zero-order chi connectivity index (χ0) is 18.7. The molecule has 0 N–H and O–H groups in total. The molecule has 0 spiro atoms. The monoisotopic (exact) mass is 368 g/mol. The predicted octanol–water partition coefficient (Wildman–Crippen LogP) is 3.96. The van der Waals surface area contributed by atoms with Crippen molar-refractivity contribution >= 4 is 11.8 Å². The Hall–Kier alpha value is -0.860. The molecule has 13 atom stereocenters. The van der Waals surface area contributed by atoms with Gasteiger partial charge in [0.15, 0.2) is 0 Å². The molecule has 0 amide bonds. The molecule has 7 saturated carbocycles. The van der Waals surface area contributed by atoms with Crippen molar-refractivity contribution in [3.8, 4) is 0 Å². The van der Waals surface area contributed by atoms with Gasteiger partial charge in [-0.2, -0.15) is 0 Å². The zero-order valence-corrected chi connectivity index (χ0v) is 17.0. The number of methoxy groups -OCH3 is 1. The summed E-state index contributed by atoms with van der Waals surface area (Å²) in [4.78, 5) is 27.3. The van der Waals surface area contributed by atoms with E-state index in [0.717, 1.165) is 12.8 Å². The number of hydrogen-bond acceptors (Lipinski definition) is 3. The van der Waals surface area contributed by atoms with Gasteiger partial charge in [-0.1, -0.05) is 20.3 Å². The van der Waals surface area contributed by atoms with E-state index in [9.17, 15) is 9.59 Å². The van der Waals surface area contributed by atoms with Crippen LogP contribution in [0.5, 0.6) is 0 Å². The highest BCUT2D eigenvalue weighted by atomic mass is 16.5. The average molecular weight is 369 g/mol. The van der Waals surface area contributed by atoms with E-state index in [0.29, 0.717) is 65.0 Å². The SMILES string of the molecule is COC(=O)[C@@]1(C)[C@@H]2[C@@H]3CCC[C@@H]3[C@@H]3[C@@H]2[C@H]2[C@H]1[C@H]1CC[C@]4(C)C(=O)[C@@]3(C)[C@H]2[C@H]14. The van der Waals surface area contributed by atoms with Gasteiger partial charge in [-0.25, -0.2) is 0 Å². The predicted molar refractivity (Wildman–Crippen MR) is 99.3 cm³/mol. The normalized spacial score (nSPS) is 68.7. The van der Waals surface area contributed by atoms with Crippen LogP contribution >= 0.6 is 0 Å². The number of fused-ring (bicyclic) bond motifs is 5. The summed E-state index contributed by atoms with van der Waals surface area (Å²) in [5, 5.41) is 0. The molecule has 0 aromatic carbocycles. The molecule has 0 unspecified atom stereocenters. The molecular weight excluding hydrogens is 336 g/mol. The topological polar surface area (TPSA) is 43.4 Å². The standard InChI is InChI=1S/C24H32O3/c1-22-9-8-12-17-14-13-15(23(2,20(22)25)19(14)18(12)22)10-6-5-7-11(10)16(13)24(17,3)21(26)27-4/h10-19H,5-9H2,1-4H3/t10-,11+,12+,13-,14-,15+,16+,17+,18-,19+,22-,23+,24-/m0/s1. The van der Waals surface area contributed by atoms with Crippen LogP contribution in [0.3, 0.4) is 0 Å². The van der Waals surface area contributed by atoms with Gasteiger partial charge < -0.3 is 4.74 Å². The van der Waals surface area contributed by atoms with E-state index in [1.54, 1.807) is 7.11 Å². The van der Waals surface area contributed by atoms with Crippen molar-refractivity contribution in [3.05, 3.63) is 0 Å². The fourth-order valence-electron chi connectivity index (χ4n) is 12.2. The van der Waals surface area contributed by atoms with E-state index >= 15 is 0 Å². The summed E-state index contributed by atoms with van der Waals surface area (Å²) in [7, 11) is 1.60. The Labute approximate surface area is 162 Å². The minimum atomic E-state index is -0.309. The highest BCUT2D eigenvalue weighted by Gasteiger charge is 2.89. The summed E-state index contributed by atoms with van der Waals surface area (Å²) in [6.07, 6.45) is 6.07. The lowest BCUT2D eigenvalue weighted by Crippen LogP contribution is -2.44. The van der Waals surface area contributed by atoms with E-state index in [1.165, 1.54) is 19.3 Å². The first-order valence-corrected chi connectivity index (χ1v) is 11.5.